The lowest BCUT2D eigenvalue weighted by Gasteiger charge is -2.45. The van der Waals surface area contributed by atoms with Crippen molar-refractivity contribution in [3.05, 3.63) is 37.0 Å². The topological polar surface area (TPSA) is 90.7 Å². The van der Waals surface area contributed by atoms with E-state index in [9.17, 15) is 27.1 Å². The third kappa shape index (κ3) is 9.67. The molecule has 43 heavy (non-hydrogen) atoms. The lowest BCUT2D eigenvalue weighted by molar-refractivity contribution is -0.181. The molecule has 2 saturated heterocycles. The molecule has 1 aromatic rings. The van der Waals surface area contributed by atoms with Crippen LogP contribution in [-0.2, 0) is 20.8 Å². The van der Waals surface area contributed by atoms with E-state index >= 15 is 4.39 Å². The SMILES string of the molecule is CC(SC1COC(/C=C/C=C/C2CCC(OCC(F)(F)C(F)F)NC2)OC1)C(O)(Cn1cncn1)C1CCC(F)CC1F. The maximum absolute atomic E-state index is 15.0. The van der Waals surface area contributed by atoms with Crippen LogP contribution in [0.15, 0.2) is 37.0 Å². The molecule has 2 aliphatic heterocycles. The molecule has 7 unspecified atom stereocenters. The smallest absolute Gasteiger partial charge is 0.330 e. The van der Waals surface area contributed by atoms with Crippen LogP contribution in [0.3, 0.4) is 0 Å². The van der Waals surface area contributed by atoms with E-state index < -0.39 is 60.6 Å². The highest BCUT2D eigenvalue weighted by Crippen LogP contribution is 2.43. The molecule has 8 nitrogen and oxygen atoms in total. The first-order chi connectivity index (χ1) is 20.5. The Balaban J connectivity index is 1.20. The largest absolute Gasteiger partial charge is 0.386 e. The van der Waals surface area contributed by atoms with Gasteiger partial charge in [-0.15, -0.1) is 11.8 Å². The number of halogens is 6. The van der Waals surface area contributed by atoms with Crippen LogP contribution in [0.1, 0.15) is 39.0 Å². The number of nitrogens with zero attached hydrogens (tertiary/aromatic N) is 3. The van der Waals surface area contributed by atoms with Gasteiger partial charge in [-0.25, -0.2) is 22.5 Å². The second-order valence-electron chi connectivity index (χ2n) is 11.4. The Labute approximate surface area is 251 Å². The molecule has 1 aliphatic carbocycles. The van der Waals surface area contributed by atoms with Gasteiger partial charge in [0.2, 0.25) is 0 Å². The Morgan fingerprint density at radius 3 is 2.51 bits per heavy atom. The first kappa shape index (κ1) is 34.2. The van der Waals surface area contributed by atoms with Crippen LogP contribution in [-0.4, -0.2) is 99.5 Å². The summed E-state index contributed by atoms with van der Waals surface area (Å²) in [6, 6.07) is 0. The zero-order valence-corrected chi connectivity index (χ0v) is 24.7. The van der Waals surface area contributed by atoms with Crippen LogP contribution in [0.5, 0.6) is 0 Å². The van der Waals surface area contributed by atoms with Crippen molar-refractivity contribution in [3.63, 3.8) is 0 Å². The Morgan fingerprint density at radius 2 is 1.88 bits per heavy atom. The zero-order chi connectivity index (χ0) is 31.0. The lowest BCUT2D eigenvalue weighted by atomic mass is 9.73. The monoisotopic (exact) mass is 642 g/mol. The molecule has 3 fully saturated rings. The summed E-state index contributed by atoms with van der Waals surface area (Å²) in [6.07, 6.45) is 3.72. The summed E-state index contributed by atoms with van der Waals surface area (Å²) in [4.78, 5) is 3.92. The maximum Gasteiger partial charge on any atom is 0.330 e. The second-order valence-corrected chi connectivity index (χ2v) is 13.1. The highest BCUT2D eigenvalue weighted by Gasteiger charge is 2.49. The number of alkyl halides is 6. The standard InChI is InChI=1S/C28H40F6N4O4S/c1-18(27(39,14-38-17-35-16-37-38)22-8-7-20(29)10-23(22)30)43-21-12-40-25(41-13-21)5-3-2-4-19-6-9-24(36-11-19)42-15-28(33,34)26(31)32/h2-5,16-26,36,39H,6-15H2,1H3/b4-2+,5-3+. The highest BCUT2D eigenvalue weighted by atomic mass is 32.2. The molecule has 3 aliphatic rings. The van der Waals surface area contributed by atoms with Crippen molar-refractivity contribution in [3.8, 4) is 0 Å². The normalized spacial score (nSPS) is 33.3. The van der Waals surface area contributed by atoms with Crippen LogP contribution in [0.2, 0.25) is 0 Å². The number of nitrogens with one attached hydrogen (secondary N) is 1. The van der Waals surface area contributed by atoms with Crippen molar-refractivity contribution < 1.29 is 45.7 Å². The zero-order valence-electron chi connectivity index (χ0n) is 23.9. The molecule has 0 spiro atoms. The summed E-state index contributed by atoms with van der Waals surface area (Å²) in [6.45, 7) is 1.71. The van der Waals surface area contributed by atoms with Gasteiger partial charge >= 0.3 is 12.3 Å². The molecular formula is C28H40F6N4O4S. The maximum atomic E-state index is 15.0. The molecule has 15 heteroatoms. The highest BCUT2D eigenvalue weighted by molar-refractivity contribution is 8.00. The van der Waals surface area contributed by atoms with Crippen LogP contribution in [0, 0.1) is 11.8 Å². The number of rotatable bonds is 13. The molecule has 0 radical (unpaired) electrons. The number of hydrogen-bond donors (Lipinski definition) is 2. The predicted molar refractivity (Wildman–Crippen MR) is 148 cm³/mol. The number of piperidine rings is 1. The van der Waals surface area contributed by atoms with E-state index in [0.717, 1.165) is 0 Å². The van der Waals surface area contributed by atoms with E-state index in [1.165, 1.54) is 29.1 Å². The molecule has 244 valence electrons. The van der Waals surface area contributed by atoms with Gasteiger partial charge in [-0.3, -0.25) is 10.00 Å². The number of aliphatic hydroxyl groups is 1. The third-order valence-corrected chi connectivity index (χ3v) is 9.67. The van der Waals surface area contributed by atoms with Gasteiger partial charge in [-0.05, 0) is 37.7 Å². The Morgan fingerprint density at radius 1 is 1.14 bits per heavy atom. The fourth-order valence-electron chi connectivity index (χ4n) is 5.66. The molecular weight excluding hydrogens is 602 g/mol. The average Bonchev–Trinajstić information content (AvgIpc) is 3.48. The van der Waals surface area contributed by atoms with E-state index in [1.807, 2.05) is 19.1 Å². The fourth-order valence-corrected chi connectivity index (χ4v) is 7.04. The summed E-state index contributed by atoms with van der Waals surface area (Å²) in [5, 5.41) is 18.3. The summed E-state index contributed by atoms with van der Waals surface area (Å²) in [7, 11) is 0. The van der Waals surface area contributed by atoms with Crippen LogP contribution < -0.4 is 5.32 Å². The van der Waals surface area contributed by atoms with Gasteiger partial charge in [-0.1, -0.05) is 25.2 Å². The van der Waals surface area contributed by atoms with Gasteiger partial charge in [0.15, 0.2) is 6.29 Å². The van der Waals surface area contributed by atoms with Gasteiger partial charge < -0.3 is 19.3 Å². The summed E-state index contributed by atoms with van der Waals surface area (Å²) in [5.41, 5.74) is -1.49. The number of thioether (sulfide) groups is 1. The fraction of sp³-hybridized carbons (Fsp3) is 0.786. The number of ether oxygens (including phenoxy) is 3. The van der Waals surface area contributed by atoms with Crippen molar-refractivity contribution >= 4 is 11.8 Å². The quantitative estimate of drug-likeness (QED) is 0.237. The molecule has 1 aromatic heterocycles. The van der Waals surface area contributed by atoms with E-state index in [1.54, 1.807) is 12.2 Å². The third-order valence-electron chi connectivity index (χ3n) is 8.19. The molecule has 7 atom stereocenters. The lowest BCUT2D eigenvalue weighted by Crippen LogP contribution is -2.55. The minimum Gasteiger partial charge on any atom is -0.386 e. The molecule has 0 aromatic carbocycles. The molecule has 3 heterocycles. The first-order valence-corrected chi connectivity index (χ1v) is 15.5. The minimum absolute atomic E-state index is 0.0359. The van der Waals surface area contributed by atoms with Crippen molar-refractivity contribution in [2.75, 3.05) is 26.4 Å². The van der Waals surface area contributed by atoms with E-state index in [0.29, 0.717) is 32.6 Å². The van der Waals surface area contributed by atoms with Gasteiger partial charge in [0, 0.05) is 24.1 Å². The molecule has 1 saturated carbocycles. The van der Waals surface area contributed by atoms with Gasteiger partial charge in [0.05, 0.1) is 25.0 Å². The molecule has 0 bridgehead atoms. The van der Waals surface area contributed by atoms with Crippen LogP contribution in [0.25, 0.3) is 0 Å². The van der Waals surface area contributed by atoms with Crippen molar-refractivity contribution in [1.29, 1.82) is 0 Å². The van der Waals surface area contributed by atoms with Gasteiger partial charge in [0.25, 0.3) is 0 Å². The molecule has 4 rings (SSSR count). The van der Waals surface area contributed by atoms with Gasteiger partial charge in [0.1, 0.15) is 43.4 Å². The van der Waals surface area contributed by atoms with Crippen LogP contribution in [0.4, 0.5) is 26.3 Å². The van der Waals surface area contributed by atoms with E-state index in [2.05, 4.69) is 15.4 Å². The predicted octanol–water partition coefficient (Wildman–Crippen LogP) is 4.70. The first-order valence-electron chi connectivity index (χ1n) is 14.5. The van der Waals surface area contributed by atoms with Gasteiger partial charge in [-0.2, -0.15) is 13.9 Å². The van der Waals surface area contributed by atoms with Crippen molar-refractivity contribution in [1.82, 2.24) is 20.1 Å². The summed E-state index contributed by atoms with van der Waals surface area (Å²) in [5.74, 6) is -4.79. The minimum atomic E-state index is -4.17. The van der Waals surface area contributed by atoms with Crippen LogP contribution >= 0.6 is 11.8 Å². The second kappa shape index (κ2) is 15.6. The van der Waals surface area contributed by atoms with Crippen molar-refractivity contribution in [2.45, 2.75) is 98.9 Å². The molecule has 2 N–H and O–H groups in total. The van der Waals surface area contributed by atoms with Crippen molar-refractivity contribution in [2.24, 2.45) is 11.8 Å². The number of aromatic nitrogens is 3. The molecule has 0 amide bonds. The summed E-state index contributed by atoms with van der Waals surface area (Å²) >= 11 is 1.45. The Kier molecular flexibility index (Phi) is 12.4. The van der Waals surface area contributed by atoms with E-state index in [-0.39, 0.29) is 37.0 Å². The Bertz CT molecular complexity index is 1020. The number of hydrogen-bond acceptors (Lipinski definition) is 8. The summed E-state index contributed by atoms with van der Waals surface area (Å²) < 4.78 is 97.5. The average molecular weight is 643 g/mol. The Hall–Kier alpha value is -1.65. The van der Waals surface area contributed by atoms with E-state index in [4.69, 9.17) is 14.2 Å². The number of allylic oxidation sites excluding steroid dienone is 2.